The molecule has 3 rings (SSSR count). The first kappa shape index (κ1) is 20.6. The van der Waals surface area contributed by atoms with Crippen molar-refractivity contribution in [3.63, 3.8) is 0 Å². The van der Waals surface area contributed by atoms with Crippen LogP contribution in [0.3, 0.4) is 0 Å². The fraction of sp³-hybridized carbons (Fsp3) is 0.250. The zero-order valence-corrected chi connectivity index (χ0v) is 16.1. The summed E-state index contributed by atoms with van der Waals surface area (Å²) >= 11 is 11.8. The zero-order chi connectivity index (χ0) is 20.7. The summed E-state index contributed by atoms with van der Waals surface area (Å²) in [6, 6.07) is 8.24. The molecule has 8 heteroatoms. The average Bonchev–Trinajstić information content (AvgIpc) is 2.98. The second kappa shape index (κ2) is 7.33. The lowest BCUT2D eigenvalue weighted by atomic mass is 9.87. The smallest absolute Gasteiger partial charge is 0.432 e. The maximum Gasteiger partial charge on any atom is 0.432 e. The highest BCUT2D eigenvalue weighted by atomic mass is 35.5. The van der Waals surface area contributed by atoms with Crippen LogP contribution >= 0.6 is 23.2 Å². The highest BCUT2D eigenvalue weighted by Crippen LogP contribution is 2.52. The summed E-state index contributed by atoms with van der Waals surface area (Å²) in [6.07, 6.45) is -3.74. The van der Waals surface area contributed by atoms with E-state index in [-0.39, 0.29) is 21.4 Å². The first-order valence-corrected chi connectivity index (χ1v) is 9.10. The lowest BCUT2D eigenvalue weighted by Crippen LogP contribution is -2.46. The molecule has 1 aliphatic heterocycles. The predicted molar refractivity (Wildman–Crippen MR) is 101 cm³/mol. The number of rotatable bonds is 4. The minimum absolute atomic E-state index is 0.0732. The van der Waals surface area contributed by atoms with Crippen molar-refractivity contribution >= 4 is 34.7 Å². The Balaban J connectivity index is 2.10. The topological polar surface area (TPSA) is 46.5 Å². The maximum absolute atomic E-state index is 14.1. The van der Waals surface area contributed by atoms with Crippen LogP contribution < -0.4 is 4.74 Å². The molecule has 1 heterocycles. The van der Waals surface area contributed by atoms with Crippen LogP contribution in [0, 0.1) is 0 Å². The Morgan fingerprint density at radius 2 is 1.86 bits per heavy atom. The number of carbonyl (C=O) groups is 1. The number of hydrogen-bond acceptors (Lipinski definition) is 2. The van der Waals surface area contributed by atoms with Gasteiger partial charge in [0, 0.05) is 28.1 Å². The summed E-state index contributed by atoms with van der Waals surface area (Å²) in [5.41, 5.74) is -1.44. The fourth-order valence-electron chi connectivity index (χ4n) is 3.32. The van der Waals surface area contributed by atoms with Crippen LogP contribution in [0.1, 0.15) is 30.0 Å². The predicted octanol–water partition coefficient (Wildman–Crippen LogP) is 6.26. The molecule has 1 N–H and O–H groups in total. The molecule has 0 amide bonds. The molecule has 1 atom stereocenters. The van der Waals surface area contributed by atoms with Crippen LogP contribution in [0.5, 0.6) is 5.75 Å². The number of halogens is 5. The number of ether oxygens (including phenoxy) is 1. The van der Waals surface area contributed by atoms with E-state index < -0.39 is 24.2 Å². The van der Waals surface area contributed by atoms with Gasteiger partial charge in [0.05, 0.1) is 0 Å². The van der Waals surface area contributed by atoms with Crippen molar-refractivity contribution in [2.24, 2.45) is 0 Å². The van der Waals surface area contributed by atoms with Crippen LogP contribution in [0.2, 0.25) is 10.0 Å². The third-order valence-corrected chi connectivity index (χ3v) is 5.06. The van der Waals surface area contributed by atoms with Crippen molar-refractivity contribution in [2.45, 2.75) is 31.5 Å². The Hall–Kier alpha value is -2.18. The first-order valence-electron chi connectivity index (χ1n) is 8.35. The number of fused-ring (bicyclic) bond motifs is 1. The van der Waals surface area contributed by atoms with Gasteiger partial charge in [0.25, 0.3) is 0 Å². The third kappa shape index (κ3) is 3.71. The molecule has 0 saturated heterocycles. The van der Waals surface area contributed by atoms with Crippen LogP contribution in [0.25, 0.3) is 5.57 Å². The Kier molecular flexibility index (Phi) is 5.38. The van der Waals surface area contributed by atoms with E-state index in [2.05, 4.69) is 0 Å². The highest BCUT2D eigenvalue weighted by molar-refractivity contribution is 6.34. The molecule has 0 spiro atoms. The number of benzene rings is 2. The van der Waals surface area contributed by atoms with Crippen molar-refractivity contribution in [3.05, 3.63) is 69.2 Å². The SMILES string of the molecule is CCC(=CC(=O)O)c1ccc2c(c1)CC(c1cc(Cl)cc(Cl)c1)(C(F)(F)F)O2. The molecule has 148 valence electrons. The zero-order valence-electron chi connectivity index (χ0n) is 14.6. The normalized spacial score (nSPS) is 19.3. The monoisotopic (exact) mass is 430 g/mol. The highest BCUT2D eigenvalue weighted by Gasteiger charge is 2.61. The van der Waals surface area contributed by atoms with Gasteiger partial charge in [-0.3, -0.25) is 0 Å². The van der Waals surface area contributed by atoms with Crippen LogP contribution in [0.15, 0.2) is 42.5 Å². The average molecular weight is 431 g/mol. The van der Waals surface area contributed by atoms with Crippen LogP contribution in [-0.4, -0.2) is 17.3 Å². The van der Waals surface area contributed by atoms with Gasteiger partial charge in [-0.25, -0.2) is 4.79 Å². The summed E-state index contributed by atoms with van der Waals surface area (Å²) in [7, 11) is 0. The molecule has 1 unspecified atom stereocenters. The molecule has 2 aromatic rings. The molecular formula is C20H15Cl2F3O3. The van der Waals surface area contributed by atoms with Crippen LogP contribution in [0.4, 0.5) is 13.2 Å². The fourth-order valence-corrected chi connectivity index (χ4v) is 3.84. The van der Waals surface area contributed by atoms with Crippen molar-refractivity contribution in [3.8, 4) is 5.75 Å². The van der Waals surface area contributed by atoms with Gasteiger partial charge in [-0.05, 0) is 53.5 Å². The minimum Gasteiger partial charge on any atom is -0.478 e. The Bertz CT molecular complexity index is 949. The van der Waals surface area contributed by atoms with Gasteiger partial charge in [-0.1, -0.05) is 36.2 Å². The number of aliphatic carboxylic acids is 1. The number of alkyl halides is 3. The summed E-state index contributed by atoms with van der Waals surface area (Å²) < 4.78 is 47.8. The van der Waals surface area contributed by atoms with Gasteiger partial charge >= 0.3 is 12.1 Å². The quantitative estimate of drug-likeness (QED) is 0.581. The van der Waals surface area contributed by atoms with E-state index in [1.807, 2.05) is 0 Å². The van der Waals surface area contributed by atoms with Crippen molar-refractivity contribution in [1.82, 2.24) is 0 Å². The van der Waals surface area contributed by atoms with Crippen molar-refractivity contribution in [1.29, 1.82) is 0 Å². The van der Waals surface area contributed by atoms with Crippen molar-refractivity contribution in [2.75, 3.05) is 0 Å². The Morgan fingerprint density at radius 1 is 1.21 bits per heavy atom. The Labute approximate surface area is 169 Å². The van der Waals surface area contributed by atoms with Gasteiger partial charge < -0.3 is 9.84 Å². The van der Waals surface area contributed by atoms with E-state index in [0.717, 1.165) is 6.08 Å². The molecular weight excluding hydrogens is 416 g/mol. The maximum atomic E-state index is 14.1. The number of carboxylic acids is 1. The molecule has 1 aliphatic rings. The molecule has 0 saturated carbocycles. The molecule has 0 aromatic heterocycles. The Morgan fingerprint density at radius 3 is 2.39 bits per heavy atom. The molecule has 3 nitrogen and oxygen atoms in total. The summed E-state index contributed by atoms with van der Waals surface area (Å²) in [5, 5.41) is 9.13. The standard InChI is InChI=1S/C20H15Cl2F3O3/c1-2-11(6-18(26)27)12-3-4-17-13(5-12)10-19(28-17,20(23,24)25)14-7-15(21)9-16(22)8-14/h3-9H,2,10H2,1H3,(H,26,27). The van der Waals surface area contributed by atoms with E-state index >= 15 is 0 Å². The van der Waals surface area contributed by atoms with E-state index in [1.54, 1.807) is 13.0 Å². The lowest BCUT2D eigenvalue weighted by molar-refractivity contribution is -0.248. The van der Waals surface area contributed by atoms with Gasteiger partial charge in [0.15, 0.2) is 0 Å². The second-order valence-electron chi connectivity index (χ2n) is 6.45. The molecule has 0 aliphatic carbocycles. The van der Waals surface area contributed by atoms with E-state index in [4.69, 9.17) is 33.0 Å². The molecule has 0 fully saturated rings. The molecule has 0 radical (unpaired) electrons. The first-order chi connectivity index (χ1) is 13.1. The van der Waals surface area contributed by atoms with Gasteiger partial charge in [0.2, 0.25) is 5.60 Å². The van der Waals surface area contributed by atoms with E-state index in [1.165, 1.54) is 30.3 Å². The largest absolute Gasteiger partial charge is 0.478 e. The summed E-state index contributed by atoms with van der Waals surface area (Å²) in [6.45, 7) is 1.77. The van der Waals surface area contributed by atoms with Crippen LogP contribution in [-0.2, 0) is 16.8 Å². The van der Waals surface area contributed by atoms with Gasteiger partial charge in [0.1, 0.15) is 5.75 Å². The summed E-state index contributed by atoms with van der Waals surface area (Å²) in [5.74, 6) is -1.03. The van der Waals surface area contributed by atoms with Crippen molar-refractivity contribution < 1.29 is 27.8 Å². The molecule has 28 heavy (non-hydrogen) atoms. The summed E-state index contributed by atoms with van der Waals surface area (Å²) in [4.78, 5) is 11.0. The van der Waals surface area contributed by atoms with Gasteiger partial charge in [-0.2, -0.15) is 13.2 Å². The third-order valence-electron chi connectivity index (χ3n) is 4.62. The minimum atomic E-state index is -4.73. The van der Waals surface area contributed by atoms with Gasteiger partial charge in [-0.15, -0.1) is 0 Å². The van der Waals surface area contributed by atoms with E-state index in [0.29, 0.717) is 23.1 Å². The number of carboxylic acid groups (broad SMARTS) is 1. The molecule has 0 bridgehead atoms. The second-order valence-corrected chi connectivity index (χ2v) is 7.32. The number of hydrogen-bond donors (Lipinski definition) is 1. The molecule has 2 aromatic carbocycles. The lowest BCUT2D eigenvalue weighted by Gasteiger charge is -2.31. The van der Waals surface area contributed by atoms with E-state index in [9.17, 15) is 18.0 Å². The number of allylic oxidation sites excluding steroid dienone is 1.